The van der Waals surface area contributed by atoms with Crippen molar-refractivity contribution in [2.75, 3.05) is 19.7 Å². The molecule has 106 valence electrons. The SMILES string of the molecule is CCC(COC(=O)Cc1ccccc1)N(CC)CC. The van der Waals surface area contributed by atoms with Gasteiger partial charge in [0.25, 0.3) is 0 Å². The number of rotatable bonds is 8. The molecule has 3 heteroatoms. The quantitative estimate of drug-likeness (QED) is 0.675. The fourth-order valence-electron chi connectivity index (χ4n) is 2.22. The van der Waals surface area contributed by atoms with Crippen molar-refractivity contribution in [1.29, 1.82) is 0 Å². The summed E-state index contributed by atoms with van der Waals surface area (Å²) in [4.78, 5) is 14.1. The van der Waals surface area contributed by atoms with E-state index in [4.69, 9.17) is 4.74 Å². The number of benzene rings is 1. The van der Waals surface area contributed by atoms with Gasteiger partial charge in [-0.25, -0.2) is 0 Å². The third-order valence-corrected chi connectivity index (χ3v) is 3.43. The molecule has 0 amide bonds. The molecular weight excluding hydrogens is 238 g/mol. The fourth-order valence-corrected chi connectivity index (χ4v) is 2.22. The van der Waals surface area contributed by atoms with Crippen molar-refractivity contribution in [3.8, 4) is 0 Å². The van der Waals surface area contributed by atoms with Gasteiger partial charge in [0.15, 0.2) is 0 Å². The Balaban J connectivity index is 2.40. The van der Waals surface area contributed by atoms with E-state index in [2.05, 4.69) is 25.7 Å². The zero-order valence-corrected chi connectivity index (χ0v) is 12.3. The Kier molecular flexibility index (Phi) is 7.19. The summed E-state index contributed by atoms with van der Waals surface area (Å²) in [7, 11) is 0. The smallest absolute Gasteiger partial charge is 0.310 e. The maximum absolute atomic E-state index is 11.8. The summed E-state index contributed by atoms with van der Waals surface area (Å²) in [5, 5.41) is 0. The molecule has 19 heavy (non-hydrogen) atoms. The normalized spacial score (nSPS) is 12.4. The van der Waals surface area contributed by atoms with Crippen molar-refractivity contribution in [2.24, 2.45) is 0 Å². The first-order valence-electron chi connectivity index (χ1n) is 7.14. The van der Waals surface area contributed by atoms with Crippen LogP contribution in [0.15, 0.2) is 30.3 Å². The van der Waals surface area contributed by atoms with Crippen LogP contribution in [0, 0.1) is 0 Å². The van der Waals surface area contributed by atoms with Gasteiger partial charge in [-0.3, -0.25) is 9.69 Å². The Morgan fingerprint density at radius 3 is 2.32 bits per heavy atom. The molecule has 0 saturated carbocycles. The van der Waals surface area contributed by atoms with Gasteiger partial charge >= 0.3 is 5.97 Å². The molecule has 0 spiro atoms. The number of ether oxygens (including phenoxy) is 1. The van der Waals surface area contributed by atoms with E-state index in [1.807, 2.05) is 30.3 Å². The predicted octanol–water partition coefficient (Wildman–Crippen LogP) is 2.89. The molecule has 0 saturated heterocycles. The molecule has 1 atom stereocenters. The molecule has 0 radical (unpaired) electrons. The lowest BCUT2D eigenvalue weighted by molar-refractivity contribution is -0.144. The number of esters is 1. The van der Waals surface area contributed by atoms with E-state index in [-0.39, 0.29) is 5.97 Å². The third kappa shape index (κ3) is 5.43. The first-order chi connectivity index (χ1) is 9.21. The van der Waals surface area contributed by atoms with E-state index in [1.54, 1.807) is 0 Å². The molecule has 0 aliphatic rings. The predicted molar refractivity (Wildman–Crippen MR) is 78.1 cm³/mol. The van der Waals surface area contributed by atoms with Gasteiger partial charge in [-0.2, -0.15) is 0 Å². The topological polar surface area (TPSA) is 29.5 Å². The largest absolute Gasteiger partial charge is 0.464 e. The Morgan fingerprint density at radius 1 is 1.16 bits per heavy atom. The van der Waals surface area contributed by atoms with Crippen LogP contribution in [-0.2, 0) is 16.0 Å². The van der Waals surface area contributed by atoms with Crippen molar-refractivity contribution in [2.45, 2.75) is 39.7 Å². The second kappa shape index (κ2) is 8.70. The molecule has 0 heterocycles. The van der Waals surface area contributed by atoms with E-state index >= 15 is 0 Å². The standard InChI is InChI=1S/C16H25NO2/c1-4-15(17(5-2)6-3)13-19-16(18)12-14-10-8-7-9-11-14/h7-11,15H,4-6,12-13H2,1-3H3. The summed E-state index contributed by atoms with van der Waals surface area (Å²) >= 11 is 0. The summed E-state index contributed by atoms with van der Waals surface area (Å²) in [6, 6.07) is 10.0. The maximum atomic E-state index is 11.8. The average molecular weight is 263 g/mol. The molecule has 1 rings (SSSR count). The van der Waals surface area contributed by atoms with E-state index in [0.717, 1.165) is 25.1 Å². The second-order valence-corrected chi connectivity index (χ2v) is 4.63. The van der Waals surface area contributed by atoms with Gasteiger partial charge in [0, 0.05) is 6.04 Å². The molecule has 0 fully saturated rings. The lowest BCUT2D eigenvalue weighted by Crippen LogP contribution is -2.38. The van der Waals surface area contributed by atoms with Crippen LogP contribution in [0.5, 0.6) is 0 Å². The summed E-state index contributed by atoms with van der Waals surface area (Å²) < 4.78 is 5.40. The fraction of sp³-hybridized carbons (Fsp3) is 0.562. The van der Waals surface area contributed by atoms with E-state index in [1.165, 1.54) is 0 Å². The highest BCUT2D eigenvalue weighted by molar-refractivity contribution is 5.72. The molecule has 0 bridgehead atoms. The lowest BCUT2D eigenvalue weighted by atomic mass is 10.1. The van der Waals surface area contributed by atoms with Gasteiger partial charge in [0.2, 0.25) is 0 Å². The average Bonchev–Trinajstić information content (AvgIpc) is 2.44. The van der Waals surface area contributed by atoms with Gasteiger partial charge < -0.3 is 4.74 Å². The summed E-state index contributed by atoms with van der Waals surface area (Å²) in [5.74, 6) is -0.142. The second-order valence-electron chi connectivity index (χ2n) is 4.63. The summed E-state index contributed by atoms with van der Waals surface area (Å²) in [6.07, 6.45) is 1.36. The van der Waals surface area contributed by atoms with Crippen molar-refractivity contribution in [3.63, 3.8) is 0 Å². The third-order valence-electron chi connectivity index (χ3n) is 3.43. The van der Waals surface area contributed by atoms with Gasteiger partial charge in [-0.15, -0.1) is 0 Å². The minimum atomic E-state index is -0.142. The Labute approximate surface area is 116 Å². The van der Waals surface area contributed by atoms with Crippen LogP contribution < -0.4 is 0 Å². The van der Waals surface area contributed by atoms with E-state index in [0.29, 0.717) is 19.1 Å². The van der Waals surface area contributed by atoms with Gasteiger partial charge in [-0.1, -0.05) is 51.1 Å². The van der Waals surface area contributed by atoms with Gasteiger partial charge in [-0.05, 0) is 25.1 Å². The van der Waals surface area contributed by atoms with Crippen LogP contribution in [-0.4, -0.2) is 36.6 Å². The number of hydrogen-bond donors (Lipinski definition) is 0. The Hall–Kier alpha value is -1.35. The van der Waals surface area contributed by atoms with Gasteiger partial charge in [0.05, 0.1) is 6.42 Å². The lowest BCUT2D eigenvalue weighted by Gasteiger charge is -2.28. The summed E-state index contributed by atoms with van der Waals surface area (Å²) in [5.41, 5.74) is 1.00. The number of carbonyl (C=O) groups excluding carboxylic acids is 1. The van der Waals surface area contributed by atoms with Crippen LogP contribution in [0.2, 0.25) is 0 Å². The van der Waals surface area contributed by atoms with Crippen LogP contribution in [0.3, 0.4) is 0 Å². The molecule has 1 aromatic rings. The van der Waals surface area contributed by atoms with Crippen molar-refractivity contribution in [1.82, 2.24) is 4.90 Å². The highest BCUT2D eigenvalue weighted by atomic mass is 16.5. The molecular formula is C16H25NO2. The summed E-state index contributed by atoms with van der Waals surface area (Å²) in [6.45, 7) is 8.88. The highest BCUT2D eigenvalue weighted by Crippen LogP contribution is 2.06. The molecule has 0 aliphatic carbocycles. The molecule has 0 N–H and O–H groups in total. The zero-order chi connectivity index (χ0) is 14.1. The van der Waals surface area contributed by atoms with E-state index < -0.39 is 0 Å². The Bertz CT molecular complexity index is 360. The first-order valence-corrected chi connectivity index (χ1v) is 7.14. The van der Waals surface area contributed by atoms with Crippen LogP contribution in [0.4, 0.5) is 0 Å². The maximum Gasteiger partial charge on any atom is 0.310 e. The highest BCUT2D eigenvalue weighted by Gasteiger charge is 2.15. The zero-order valence-electron chi connectivity index (χ0n) is 12.3. The number of nitrogens with zero attached hydrogens (tertiary/aromatic N) is 1. The minimum absolute atomic E-state index is 0.142. The molecule has 0 aliphatic heterocycles. The molecule has 3 nitrogen and oxygen atoms in total. The monoisotopic (exact) mass is 263 g/mol. The molecule has 1 unspecified atom stereocenters. The van der Waals surface area contributed by atoms with Crippen molar-refractivity contribution >= 4 is 5.97 Å². The number of carbonyl (C=O) groups is 1. The molecule has 1 aromatic carbocycles. The Morgan fingerprint density at radius 2 is 1.79 bits per heavy atom. The van der Waals surface area contributed by atoms with Crippen LogP contribution in [0.25, 0.3) is 0 Å². The number of hydrogen-bond acceptors (Lipinski definition) is 3. The molecule has 0 aromatic heterocycles. The van der Waals surface area contributed by atoms with E-state index in [9.17, 15) is 4.79 Å². The minimum Gasteiger partial charge on any atom is -0.464 e. The number of likely N-dealkylation sites (N-methyl/N-ethyl adjacent to an activating group) is 1. The van der Waals surface area contributed by atoms with Crippen molar-refractivity contribution < 1.29 is 9.53 Å². The first kappa shape index (κ1) is 15.7. The van der Waals surface area contributed by atoms with Crippen molar-refractivity contribution in [3.05, 3.63) is 35.9 Å². The van der Waals surface area contributed by atoms with Crippen LogP contribution in [0.1, 0.15) is 32.8 Å². The van der Waals surface area contributed by atoms with Crippen LogP contribution >= 0.6 is 0 Å². The van der Waals surface area contributed by atoms with Gasteiger partial charge in [0.1, 0.15) is 6.61 Å².